The first-order valence-electron chi connectivity index (χ1n) is 6.59. The molecular formula is C12H18ClN3O3S. The lowest BCUT2D eigenvalue weighted by Gasteiger charge is -2.26. The lowest BCUT2D eigenvalue weighted by molar-refractivity contribution is 0.233. The lowest BCUT2D eigenvalue weighted by Crippen LogP contribution is -2.37. The summed E-state index contributed by atoms with van der Waals surface area (Å²) < 4.78 is 26.6. The summed E-state index contributed by atoms with van der Waals surface area (Å²) in [6, 6.07) is 1.16. The smallest absolute Gasteiger partial charge is 0.266 e. The summed E-state index contributed by atoms with van der Waals surface area (Å²) in [5.41, 5.74) is -0.501. The second-order valence-electron chi connectivity index (χ2n) is 4.81. The van der Waals surface area contributed by atoms with Gasteiger partial charge in [-0.3, -0.25) is 4.79 Å². The Kier molecular flexibility index (Phi) is 5.20. The molecule has 1 aromatic heterocycles. The summed E-state index contributed by atoms with van der Waals surface area (Å²) in [6.45, 7) is 3.08. The van der Waals surface area contributed by atoms with Crippen LogP contribution in [0.1, 0.15) is 19.3 Å². The van der Waals surface area contributed by atoms with Gasteiger partial charge in [0.05, 0.1) is 4.90 Å². The van der Waals surface area contributed by atoms with E-state index in [4.69, 9.17) is 11.6 Å². The van der Waals surface area contributed by atoms with Gasteiger partial charge in [0, 0.05) is 19.3 Å². The number of likely N-dealkylation sites (tertiary alicyclic amines) is 1. The van der Waals surface area contributed by atoms with E-state index >= 15 is 0 Å². The highest BCUT2D eigenvalue weighted by atomic mass is 35.5. The van der Waals surface area contributed by atoms with Crippen LogP contribution in [0.15, 0.2) is 22.0 Å². The Morgan fingerprint density at radius 1 is 1.30 bits per heavy atom. The van der Waals surface area contributed by atoms with E-state index in [1.807, 2.05) is 0 Å². The zero-order valence-corrected chi connectivity index (χ0v) is 12.6. The normalized spacial score (nSPS) is 17.2. The van der Waals surface area contributed by atoms with Crippen molar-refractivity contribution in [2.24, 2.45) is 0 Å². The van der Waals surface area contributed by atoms with Gasteiger partial charge in [0.2, 0.25) is 10.0 Å². The summed E-state index contributed by atoms with van der Waals surface area (Å²) in [7, 11) is -3.63. The number of pyridine rings is 1. The van der Waals surface area contributed by atoms with E-state index < -0.39 is 15.6 Å². The monoisotopic (exact) mass is 319 g/mol. The number of halogens is 1. The van der Waals surface area contributed by atoms with Gasteiger partial charge in [0.1, 0.15) is 5.02 Å². The average Bonchev–Trinajstić information content (AvgIpc) is 2.43. The van der Waals surface area contributed by atoms with Gasteiger partial charge in [0.25, 0.3) is 5.56 Å². The highest BCUT2D eigenvalue weighted by Crippen LogP contribution is 2.11. The van der Waals surface area contributed by atoms with Crippen LogP contribution in [0.3, 0.4) is 0 Å². The van der Waals surface area contributed by atoms with Crippen LogP contribution in [0.25, 0.3) is 0 Å². The molecule has 0 saturated carbocycles. The van der Waals surface area contributed by atoms with Gasteiger partial charge < -0.3 is 9.88 Å². The average molecular weight is 320 g/mol. The van der Waals surface area contributed by atoms with Crippen molar-refractivity contribution in [1.82, 2.24) is 14.6 Å². The van der Waals surface area contributed by atoms with E-state index in [-0.39, 0.29) is 9.92 Å². The van der Waals surface area contributed by atoms with Crippen LogP contribution in [0.5, 0.6) is 0 Å². The van der Waals surface area contributed by atoms with Crippen molar-refractivity contribution in [3.63, 3.8) is 0 Å². The van der Waals surface area contributed by atoms with Crippen molar-refractivity contribution in [3.05, 3.63) is 27.6 Å². The number of sulfonamides is 1. The minimum absolute atomic E-state index is 0.0271. The Morgan fingerprint density at radius 3 is 2.65 bits per heavy atom. The predicted octanol–water partition coefficient (Wildman–Crippen LogP) is 0.792. The number of piperidine rings is 1. The van der Waals surface area contributed by atoms with Crippen LogP contribution in [-0.2, 0) is 10.0 Å². The van der Waals surface area contributed by atoms with Crippen molar-refractivity contribution < 1.29 is 8.42 Å². The molecule has 6 nitrogen and oxygen atoms in total. The number of nitrogens with one attached hydrogen (secondary N) is 2. The minimum atomic E-state index is -3.63. The summed E-state index contributed by atoms with van der Waals surface area (Å²) in [4.78, 5) is 15.6. The molecule has 0 atom stereocenters. The molecule has 2 heterocycles. The summed E-state index contributed by atoms with van der Waals surface area (Å²) >= 11 is 5.63. The molecule has 2 N–H and O–H groups in total. The highest BCUT2D eigenvalue weighted by Gasteiger charge is 2.16. The number of hydrogen-bond donors (Lipinski definition) is 2. The SMILES string of the molecule is O=c1[nH]cc(S(=O)(=O)NCCN2CCCCC2)cc1Cl. The third-order valence-corrected chi connectivity index (χ3v) is 5.03. The van der Waals surface area contributed by atoms with Gasteiger partial charge >= 0.3 is 0 Å². The first-order chi connectivity index (χ1) is 9.49. The Hall–Kier alpha value is -0.890. The molecule has 0 bridgehead atoms. The molecule has 0 aromatic carbocycles. The van der Waals surface area contributed by atoms with Crippen LogP contribution in [0.4, 0.5) is 0 Å². The summed E-state index contributed by atoms with van der Waals surface area (Å²) in [5.74, 6) is 0. The van der Waals surface area contributed by atoms with Crippen molar-refractivity contribution in [3.8, 4) is 0 Å². The number of rotatable bonds is 5. The molecule has 0 aliphatic carbocycles. The molecule has 1 aromatic rings. The summed E-state index contributed by atoms with van der Waals surface area (Å²) in [6.07, 6.45) is 4.74. The van der Waals surface area contributed by atoms with E-state index in [0.717, 1.165) is 25.4 Å². The minimum Gasteiger partial charge on any atom is -0.326 e. The van der Waals surface area contributed by atoms with Crippen LogP contribution >= 0.6 is 11.6 Å². The molecule has 1 saturated heterocycles. The second kappa shape index (κ2) is 6.71. The van der Waals surface area contributed by atoms with Gasteiger partial charge in [0.15, 0.2) is 0 Å². The van der Waals surface area contributed by atoms with Gasteiger partial charge in [-0.25, -0.2) is 13.1 Å². The van der Waals surface area contributed by atoms with Crippen LogP contribution < -0.4 is 10.3 Å². The molecule has 0 radical (unpaired) electrons. The third-order valence-electron chi connectivity index (χ3n) is 3.31. The Bertz CT molecular complexity index is 609. The fourth-order valence-corrected chi connectivity index (χ4v) is 3.45. The van der Waals surface area contributed by atoms with Crippen molar-refractivity contribution in [2.45, 2.75) is 24.2 Å². The highest BCUT2D eigenvalue weighted by molar-refractivity contribution is 7.89. The molecule has 0 amide bonds. The standard InChI is InChI=1S/C12H18ClN3O3S/c13-11-8-10(9-14-12(11)17)20(18,19)15-4-7-16-5-2-1-3-6-16/h8-9,15H,1-7H2,(H,14,17). The second-order valence-corrected chi connectivity index (χ2v) is 6.99. The molecule has 1 fully saturated rings. The Morgan fingerprint density at radius 2 is 2.00 bits per heavy atom. The topological polar surface area (TPSA) is 82.3 Å². The maximum atomic E-state index is 12.0. The molecule has 1 aliphatic heterocycles. The largest absolute Gasteiger partial charge is 0.326 e. The molecule has 112 valence electrons. The number of aromatic amines is 1. The van der Waals surface area contributed by atoms with E-state index in [1.54, 1.807) is 0 Å². The maximum Gasteiger partial charge on any atom is 0.266 e. The van der Waals surface area contributed by atoms with E-state index in [1.165, 1.54) is 19.3 Å². The van der Waals surface area contributed by atoms with Crippen molar-refractivity contribution in [1.29, 1.82) is 0 Å². The fourth-order valence-electron chi connectivity index (χ4n) is 2.20. The molecule has 0 unspecified atom stereocenters. The van der Waals surface area contributed by atoms with Crippen LogP contribution in [0, 0.1) is 0 Å². The van der Waals surface area contributed by atoms with E-state index in [2.05, 4.69) is 14.6 Å². The molecule has 20 heavy (non-hydrogen) atoms. The summed E-state index contributed by atoms with van der Waals surface area (Å²) in [5, 5.41) is -0.135. The quantitative estimate of drug-likeness (QED) is 0.840. The first-order valence-corrected chi connectivity index (χ1v) is 8.45. The maximum absolute atomic E-state index is 12.0. The van der Waals surface area contributed by atoms with Gasteiger partial charge in [-0.05, 0) is 32.0 Å². The van der Waals surface area contributed by atoms with E-state index in [0.29, 0.717) is 13.1 Å². The molecule has 0 spiro atoms. The Labute approximate surface area is 123 Å². The number of H-pyrrole nitrogens is 1. The molecular weight excluding hydrogens is 302 g/mol. The molecule has 2 rings (SSSR count). The number of nitrogens with zero attached hydrogens (tertiary/aromatic N) is 1. The zero-order chi connectivity index (χ0) is 14.6. The van der Waals surface area contributed by atoms with Crippen molar-refractivity contribution in [2.75, 3.05) is 26.2 Å². The van der Waals surface area contributed by atoms with E-state index in [9.17, 15) is 13.2 Å². The zero-order valence-electron chi connectivity index (χ0n) is 11.1. The molecule has 1 aliphatic rings. The predicted molar refractivity (Wildman–Crippen MR) is 77.6 cm³/mol. The van der Waals surface area contributed by atoms with Crippen LogP contribution in [-0.4, -0.2) is 44.5 Å². The van der Waals surface area contributed by atoms with Crippen LogP contribution in [0.2, 0.25) is 5.02 Å². The lowest BCUT2D eigenvalue weighted by atomic mass is 10.1. The number of hydrogen-bond acceptors (Lipinski definition) is 4. The van der Waals surface area contributed by atoms with Crippen molar-refractivity contribution >= 4 is 21.6 Å². The van der Waals surface area contributed by atoms with Gasteiger partial charge in [-0.2, -0.15) is 0 Å². The first kappa shape index (κ1) is 15.5. The Balaban J connectivity index is 1.93. The molecule has 8 heteroatoms. The third kappa shape index (κ3) is 4.05. The number of aromatic nitrogens is 1. The fraction of sp³-hybridized carbons (Fsp3) is 0.583. The van der Waals surface area contributed by atoms with Gasteiger partial charge in [-0.15, -0.1) is 0 Å². The van der Waals surface area contributed by atoms with Gasteiger partial charge in [-0.1, -0.05) is 18.0 Å².